The Morgan fingerprint density at radius 3 is 2.73 bits per heavy atom. The topological polar surface area (TPSA) is 94.0 Å². The molecule has 8 nitrogen and oxygen atoms in total. The van der Waals surface area contributed by atoms with Gasteiger partial charge in [-0.2, -0.15) is 4.98 Å². The van der Waals surface area contributed by atoms with E-state index >= 15 is 0 Å². The summed E-state index contributed by atoms with van der Waals surface area (Å²) in [7, 11) is 3.98. The van der Waals surface area contributed by atoms with Gasteiger partial charge in [0.15, 0.2) is 0 Å². The lowest BCUT2D eigenvalue weighted by Gasteiger charge is -2.40. The second-order valence-corrected chi connectivity index (χ2v) is 7.63. The summed E-state index contributed by atoms with van der Waals surface area (Å²) in [6.45, 7) is 4.13. The molecule has 0 spiro atoms. The molecule has 2 fully saturated rings. The molecule has 1 unspecified atom stereocenters. The Morgan fingerprint density at radius 1 is 1.35 bits per heavy atom. The summed E-state index contributed by atoms with van der Waals surface area (Å²) >= 11 is 0. The Balaban J connectivity index is 1.75. The Bertz CT molecular complexity index is 584. The first kappa shape index (κ1) is 19.3. The van der Waals surface area contributed by atoms with Crippen LogP contribution >= 0.6 is 0 Å². The Morgan fingerprint density at radius 2 is 2.12 bits per heavy atom. The van der Waals surface area contributed by atoms with E-state index in [9.17, 15) is 5.11 Å². The molecule has 2 aliphatic heterocycles. The second kappa shape index (κ2) is 8.47. The number of aromatic nitrogens is 2. The molecule has 0 aliphatic carbocycles. The van der Waals surface area contributed by atoms with E-state index in [2.05, 4.69) is 26.3 Å². The third kappa shape index (κ3) is 4.82. The van der Waals surface area contributed by atoms with Gasteiger partial charge in [0.25, 0.3) is 0 Å². The van der Waals surface area contributed by atoms with E-state index in [1.807, 2.05) is 19.0 Å². The SMILES string of the molecule is CN(C)CC1(O)CCN(c2cc(C3CCOC3)nc(NCCO)n2)CC1. The van der Waals surface area contributed by atoms with Crippen molar-refractivity contribution in [3.63, 3.8) is 0 Å². The lowest BCUT2D eigenvalue weighted by atomic mass is 9.91. The highest BCUT2D eigenvalue weighted by Crippen LogP contribution is 2.30. The zero-order chi connectivity index (χ0) is 18.6. The Kier molecular flexibility index (Phi) is 6.29. The van der Waals surface area contributed by atoms with Crippen molar-refractivity contribution >= 4 is 11.8 Å². The maximum Gasteiger partial charge on any atom is 0.224 e. The van der Waals surface area contributed by atoms with Gasteiger partial charge in [-0.3, -0.25) is 0 Å². The number of anilines is 2. The van der Waals surface area contributed by atoms with Gasteiger partial charge in [0.05, 0.1) is 24.5 Å². The van der Waals surface area contributed by atoms with E-state index in [1.54, 1.807) is 0 Å². The van der Waals surface area contributed by atoms with E-state index in [0.717, 1.165) is 50.5 Å². The van der Waals surface area contributed by atoms with Crippen LogP contribution in [-0.4, -0.2) is 90.8 Å². The van der Waals surface area contributed by atoms with Gasteiger partial charge in [-0.05, 0) is 33.4 Å². The minimum absolute atomic E-state index is 0.0384. The van der Waals surface area contributed by atoms with Crippen molar-refractivity contribution < 1.29 is 14.9 Å². The molecule has 0 bridgehead atoms. The molecule has 2 saturated heterocycles. The predicted octanol–water partition coefficient (Wildman–Crippen LogP) is 0.278. The maximum atomic E-state index is 10.7. The van der Waals surface area contributed by atoms with E-state index in [1.165, 1.54) is 0 Å². The van der Waals surface area contributed by atoms with Gasteiger partial charge < -0.3 is 30.1 Å². The van der Waals surface area contributed by atoms with Crippen molar-refractivity contribution in [1.82, 2.24) is 14.9 Å². The van der Waals surface area contributed by atoms with E-state index in [4.69, 9.17) is 9.84 Å². The minimum atomic E-state index is -0.632. The molecule has 8 heteroatoms. The number of hydrogen-bond donors (Lipinski definition) is 3. The average Bonchev–Trinajstić information content (AvgIpc) is 3.14. The van der Waals surface area contributed by atoms with Crippen LogP contribution in [-0.2, 0) is 4.74 Å². The third-order valence-corrected chi connectivity index (χ3v) is 5.10. The number of hydrogen-bond acceptors (Lipinski definition) is 8. The van der Waals surface area contributed by atoms with Crippen molar-refractivity contribution in [1.29, 1.82) is 0 Å². The van der Waals surface area contributed by atoms with Crippen molar-refractivity contribution in [2.75, 3.05) is 70.3 Å². The highest BCUT2D eigenvalue weighted by molar-refractivity contribution is 5.46. The number of rotatable bonds is 7. The van der Waals surface area contributed by atoms with Gasteiger partial charge in [0.2, 0.25) is 5.95 Å². The van der Waals surface area contributed by atoms with Crippen LogP contribution < -0.4 is 10.2 Å². The van der Waals surface area contributed by atoms with Gasteiger partial charge in [-0.25, -0.2) is 4.98 Å². The predicted molar refractivity (Wildman–Crippen MR) is 101 cm³/mol. The first-order valence-electron chi connectivity index (χ1n) is 9.43. The smallest absolute Gasteiger partial charge is 0.224 e. The van der Waals surface area contributed by atoms with Gasteiger partial charge in [0.1, 0.15) is 5.82 Å². The molecule has 3 heterocycles. The van der Waals surface area contributed by atoms with Crippen molar-refractivity contribution in [2.24, 2.45) is 0 Å². The van der Waals surface area contributed by atoms with Crippen molar-refractivity contribution in [2.45, 2.75) is 30.8 Å². The molecule has 1 aromatic heterocycles. The largest absolute Gasteiger partial charge is 0.395 e. The molecule has 0 radical (unpaired) electrons. The number of nitrogens with one attached hydrogen (secondary N) is 1. The van der Waals surface area contributed by atoms with Crippen LogP contribution in [0.4, 0.5) is 11.8 Å². The molecule has 26 heavy (non-hydrogen) atoms. The number of aliphatic hydroxyl groups is 2. The van der Waals surface area contributed by atoms with Crippen LogP contribution in [0.3, 0.4) is 0 Å². The minimum Gasteiger partial charge on any atom is -0.395 e. The summed E-state index contributed by atoms with van der Waals surface area (Å²) in [5, 5.41) is 22.9. The first-order valence-corrected chi connectivity index (χ1v) is 9.43. The summed E-state index contributed by atoms with van der Waals surface area (Å²) in [6.07, 6.45) is 2.41. The van der Waals surface area contributed by atoms with Crippen LogP contribution in [0.2, 0.25) is 0 Å². The molecule has 0 aromatic carbocycles. The number of likely N-dealkylation sites (N-methyl/N-ethyl adjacent to an activating group) is 1. The fraction of sp³-hybridized carbons (Fsp3) is 0.778. The molecular weight excluding hydrogens is 334 g/mol. The number of nitrogens with zero attached hydrogens (tertiary/aromatic N) is 4. The van der Waals surface area contributed by atoms with Gasteiger partial charge in [-0.15, -0.1) is 0 Å². The van der Waals surface area contributed by atoms with Gasteiger partial charge >= 0.3 is 0 Å². The molecule has 1 atom stereocenters. The zero-order valence-corrected chi connectivity index (χ0v) is 15.8. The number of ether oxygens (including phenoxy) is 1. The monoisotopic (exact) mass is 365 g/mol. The summed E-state index contributed by atoms with van der Waals surface area (Å²) in [5.74, 6) is 1.73. The summed E-state index contributed by atoms with van der Waals surface area (Å²) < 4.78 is 5.51. The quantitative estimate of drug-likeness (QED) is 0.634. The Labute approximate surface area is 155 Å². The van der Waals surface area contributed by atoms with E-state index in [-0.39, 0.29) is 6.61 Å². The van der Waals surface area contributed by atoms with Crippen molar-refractivity contribution in [3.05, 3.63) is 11.8 Å². The molecule has 3 rings (SSSR count). The Hall–Kier alpha value is -1.48. The first-order chi connectivity index (χ1) is 12.5. The van der Waals surface area contributed by atoms with Crippen LogP contribution in [0.5, 0.6) is 0 Å². The molecule has 2 aliphatic rings. The fourth-order valence-electron chi connectivity index (χ4n) is 3.74. The summed E-state index contributed by atoms with van der Waals surface area (Å²) in [6, 6.07) is 2.06. The summed E-state index contributed by atoms with van der Waals surface area (Å²) in [5.41, 5.74) is 0.356. The van der Waals surface area contributed by atoms with Gasteiger partial charge in [0, 0.05) is 44.8 Å². The second-order valence-electron chi connectivity index (χ2n) is 7.63. The van der Waals surface area contributed by atoms with Crippen molar-refractivity contribution in [3.8, 4) is 0 Å². The fourth-order valence-corrected chi connectivity index (χ4v) is 3.74. The average molecular weight is 365 g/mol. The number of aliphatic hydroxyl groups excluding tert-OH is 1. The molecule has 1 aromatic rings. The molecule has 146 valence electrons. The summed E-state index contributed by atoms with van der Waals surface area (Å²) in [4.78, 5) is 13.5. The van der Waals surface area contributed by atoms with Crippen LogP contribution in [0.15, 0.2) is 6.07 Å². The van der Waals surface area contributed by atoms with Crippen LogP contribution in [0, 0.1) is 0 Å². The third-order valence-electron chi connectivity index (χ3n) is 5.10. The molecule has 0 amide bonds. The molecular formula is C18H31N5O3. The van der Waals surface area contributed by atoms with Crippen LogP contribution in [0.25, 0.3) is 0 Å². The maximum absolute atomic E-state index is 10.7. The number of piperidine rings is 1. The van der Waals surface area contributed by atoms with E-state index in [0.29, 0.717) is 31.6 Å². The highest BCUT2D eigenvalue weighted by Gasteiger charge is 2.33. The molecule has 0 saturated carbocycles. The standard InChI is InChI=1S/C18H31N5O3/c1-22(2)13-18(25)4-7-23(8-5-18)16-11-15(14-3-10-26-12-14)20-17(21-16)19-6-9-24/h11,14,24-25H,3-10,12-13H2,1-2H3,(H,19,20,21). The van der Waals surface area contributed by atoms with E-state index < -0.39 is 5.60 Å². The highest BCUT2D eigenvalue weighted by atomic mass is 16.5. The lowest BCUT2D eigenvalue weighted by molar-refractivity contribution is -0.00547. The lowest BCUT2D eigenvalue weighted by Crippen LogP contribution is -2.50. The van der Waals surface area contributed by atoms with Gasteiger partial charge in [-0.1, -0.05) is 0 Å². The normalized spacial score (nSPS) is 22.8. The van der Waals surface area contributed by atoms with Crippen LogP contribution in [0.1, 0.15) is 30.9 Å². The zero-order valence-electron chi connectivity index (χ0n) is 15.8. The molecule has 3 N–H and O–H groups in total.